The van der Waals surface area contributed by atoms with E-state index in [9.17, 15) is 4.79 Å². The van der Waals surface area contributed by atoms with Gasteiger partial charge < -0.3 is 10.0 Å². The molecule has 124 valence electrons. The predicted octanol–water partition coefficient (Wildman–Crippen LogP) is 1.73. The van der Waals surface area contributed by atoms with Crippen molar-refractivity contribution in [1.29, 1.82) is 0 Å². The Morgan fingerprint density at radius 3 is 2.00 bits per heavy atom. The lowest BCUT2D eigenvalue weighted by molar-refractivity contribution is -0.141. The van der Waals surface area contributed by atoms with Gasteiger partial charge in [-0.2, -0.15) is 0 Å². The van der Waals surface area contributed by atoms with Crippen molar-refractivity contribution >= 4 is 5.91 Å². The van der Waals surface area contributed by atoms with E-state index in [1.54, 1.807) is 0 Å². The first-order chi connectivity index (χ1) is 10.7. The van der Waals surface area contributed by atoms with E-state index in [2.05, 4.69) is 9.80 Å². The van der Waals surface area contributed by atoms with Gasteiger partial charge in [-0.1, -0.05) is 0 Å². The Bertz CT molecular complexity index is 394. The second-order valence-corrected chi connectivity index (χ2v) is 8.54. The number of aliphatic hydroxyl groups excluding tert-OH is 1. The quantitative estimate of drug-likeness (QED) is 0.860. The molecule has 0 aromatic rings. The number of amides is 1. The summed E-state index contributed by atoms with van der Waals surface area (Å²) in [6.45, 7) is 4.52. The summed E-state index contributed by atoms with van der Waals surface area (Å²) in [5.41, 5.74) is 0.369. The zero-order valence-electron chi connectivity index (χ0n) is 13.7. The summed E-state index contributed by atoms with van der Waals surface area (Å²) in [5.74, 6) is 3.20. The number of piperazine rings is 1. The Morgan fingerprint density at radius 2 is 1.50 bits per heavy atom. The van der Waals surface area contributed by atoms with E-state index in [1.807, 2.05) is 0 Å². The first kappa shape index (κ1) is 14.9. The fraction of sp³-hybridized carbons (Fsp3) is 0.944. The van der Waals surface area contributed by atoms with E-state index in [0.29, 0.717) is 11.3 Å². The number of aliphatic hydroxyl groups is 1. The van der Waals surface area contributed by atoms with Gasteiger partial charge in [-0.25, -0.2) is 0 Å². The maximum atomic E-state index is 12.8. The summed E-state index contributed by atoms with van der Waals surface area (Å²) < 4.78 is 0. The van der Waals surface area contributed by atoms with Crippen LogP contribution in [0.2, 0.25) is 0 Å². The molecule has 4 saturated carbocycles. The number of nitrogens with zero attached hydrogens (tertiary/aromatic N) is 2. The number of hydrogen-bond acceptors (Lipinski definition) is 3. The molecule has 1 aliphatic heterocycles. The van der Waals surface area contributed by atoms with Crippen LogP contribution in [0, 0.1) is 23.2 Å². The molecule has 1 saturated heterocycles. The first-order valence-corrected chi connectivity index (χ1v) is 9.27. The van der Waals surface area contributed by atoms with Crippen molar-refractivity contribution in [3.63, 3.8) is 0 Å². The van der Waals surface area contributed by atoms with E-state index in [4.69, 9.17) is 5.11 Å². The summed E-state index contributed by atoms with van der Waals surface area (Å²) in [4.78, 5) is 17.2. The van der Waals surface area contributed by atoms with Crippen LogP contribution in [0.5, 0.6) is 0 Å². The molecule has 0 unspecified atom stereocenters. The summed E-state index contributed by atoms with van der Waals surface area (Å²) in [6.07, 6.45) is 9.16. The van der Waals surface area contributed by atoms with Crippen molar-refractivity contribution in [3.8, 4) is 0 Å². The zero-order chi connectivity index (χ0) is 15.2. The highest BCUT2D eigenvalue weighted by Gasteiger charge is 2.51. The average Bonchev–Trinajstić information content (AvgIpc) is 2.46. The highest BCUT2D eigenvalue weighted by molar-refractivity contribution is 5.77. The minimum absolute atomic E-state index is 0.223. The molecular weight excluding hydrogens is 276 g/mol. The van der Waals surface area contributed by atoms with Gasteiger partial charge >= 0.3 is 0 Å². The lowest BCUT2D eigenvalue weighted by Crippen LogP contribution is -2.52. The Kier molecular flexibility index (Phi) is 3.93. The normalized spacial score (nSPS) is 41.1. The second kappa shape index (κ2) is 5.79. The van der Waals surface area contributed by atoms with Gasteiger partial charge in [0, 0.05) is 39.1 Å². The fourth-order valence-corrected chi connectivity index (χ4v) is 6.30. The summed E-state index contributed by atoms with van der Waals surface area (Å²) in [6, 6.07) is 0. The lowest BCUT2D eigenvalue weighted by Gasteiger charge is -2.57. The van der Waals surface area contributed by atoms with Crippen LogP contribution in [-0.2, 0) is 4.79 Å². The topological polar surface area (TPSA) is 43.8 Å². The van der Waals surface area contributed by atoms with E-state index in [1.165, 1.54) is 38.5 Å². The highest BCUT2D eigenvalue weighted by atomic mass is 16.3. The number of carbonyl (C=O) groups excluding carboxylic acids is 1. The zero-order valence-corrected chi connectivity index (χ0v) is 13.7. The molecule has 0 spiro atoms. The number of carbonyl (C=O) groups is 1. The largest absolute Gasteiger partial charge is 0.395 e. The lowest BCUT2D eigenvalue weighted by atomic mass is 9.49. The smallest absolute Gasteiger partial charge is 0.223 e. The third-order valence-corrected chi connectivity index (χ3v) is 6.83. The molecule has 4 bridgehead atoms. The van der Waals surface area contributed by atoms with Gasteiger partial charge in [0.15, 0.2) is 0 Å². The maximum absolute atomic E-state index is 12.8. The third-order valence-electron chi connectivity index (χ3n) is 6.83. The maximum Gasteiger partial charge on any atom is 0.223 e. The average molecular weight is 306 g/mol. The van der Waals surface area contributed by atoms with Gasteiger partial charge in [0.05, 0.1) is 6.61 Å². The standard InChI is InChI=1S/C18H30N2O2/c21-6-5-19-1-3-20(4-2-19)17(22)13-18-10-14-7-15(11-18)9-16(8-14)12-18/h14-16,21H,1-13H2. The molecule has 1 amide bonds. The number of β-amino-alcohol motifs (C(OH)–C–C–N with tert-alkyl or cyclic N) is 1. The van der Waals surface area contributed by atoms with Crippen molar-refractivity contribution < 1.29 is 9.90 Å². The van der Waals surface area contributed by atoms with Gasteiger partial charge in [-0.15, -0.1) is 0 Å². The Balaban J connectivity index is 1.35. The molecular formula is C18H30N2O2. The van der Waals surface area contributed by atoms with Gasteiger partial charge in [-0.05, 0) is 61.7 Å². The van der Waals surface area contributed by atoms with E-state index in [0.717, 1.165) is 56.9 Å². The van der Waals surface area contributed by atoms with Gasteiger partial charge in [0.1, 0.15) is 0 Å². The van der Waals surface area contributed by atoms with Crippen LogP contribution in [-0.4, -0.2) is 60.1 Å². The minimum atomic E-state index is 0.223. The van der Waals surface area contributed by atoms with Crippen molar-refractivity contribution in [3.05, 3.63) is 0 Å². The van der Waals surface area contributed by atoms with Crippen LogP contribution in [0.3, 0.4) is 0 Å². The van der Waals surface area contributed by atoms with Crippen molar-refractivity contribution in [2.75, 3.05) is 39.3 Å². The number of hydrogen-bond donors (Lipinski definition) is 1. The van der Waals surface area contributed by atoms with E-state index in [-0.39, 0.29) is 6.61 Å². The van der Waals surface area contributed by atoms with Crippen LogP contribution in [0.15, 0.2) is 0 Å². The third kappa shape index (κ3) is 2.80. The molecule has 5 aliphatic rings. The van der Waals surface area contributed by atoms with Gasteiger partial charge in [0.2, 0.25) is 5.91 Å². The Labute approximate surface area is 133 Å². The highest BCUT2D eigenvalue weighted by Crippen LogP contribution is 2.61. The van der Waals surface area contributed by atoms with Crippen molar-refractivity contribution in [1.82, 2.24) is 9.80 Å². The first-order valence-electron chi connectivity index (χ1n) is 9.27. The van der Waals surface area contributed by atoms with Crippen LogP contribution < -0.4 is 0 Å². The minimum Gasteiger partial charge on any atom is -0.395 e. The van der Waals surface area contributed by atoms with Crippen molar-refractivity contribution in [2.45, 2.75) is 44.9 Å². The SMILES string of the molecule is O=C(CC12CC3CC(CC(C3)C1)C2)N1CCN(CCO)CC1. The fourth-order valence-electron chi connectivity index (χ4n) is 6.30. The summed E-state index contributed by atoms with van der Waals surface area (Å²) in [7, 11) is 0. The molecule has 1 N–H and O–H groups in total. The van der Waals surface area contributed by atoms with Gasteiger partial charge in [0.25, 0.3) is 0 Å². The molecule has 4 nitrogen and oxygen atoms in total. The van der Waals surface area contributed by atoms with E-state index >= 15 is 0 Å². The monoisotopic (exact) mass is 306 g/mol. The second-order valence-electron chi connectivity index (χ2n) is 8.54. The molecule has 5 fully saturated rings. The molecule has 1 heterocycles. The van der Waals surface area contributed by atoms with Gasteiger partial charge in [-0.3, -0.25) is 9.69 Å². The molecule has 0 radical (unpaired) electrons. The molecule has 22 heavy (non-hydrogen) atoms. The molecule has 4 heteroatoms. The molecule has 5 rings (SSSR count). The van der Waals surface area contributed by atoms with Crippen LogP contribution in [0.1, 0.15) is 44.9 Å². The Hall–Kier alpha value is -0.610. The molecule has 0 aromatic carbocycles. The van der Waals surface area contributed by atoms with Crippen molar-refractivity contribution in [2.24, 2.45) is 23.2 Å². The van der Waals surface area contributed by atoms with Crippen LogP contribution in [0.4, 0.5) is 0 Å². The summed E-state index contributed by atoms with van der Waals surface area (Å²) in [5, 5.41) is 9.01. The van der Waals surface area contributed by atoms with Crippen LogP contribution >= 0.6 is 0 Å². The van der Waals surface area contributed by atoms with E-state index < -0.39 is 0 Å². The molecule has 0 aromatic heterocycles. The Morgan fingerprint density at radius 1 is 0.955 bits per heavy atom. The van der Waals surface area contributed by atoms with Crippen LogP contribution in [0.25, 0.3) is 0 Å². The molecule has 0 atom stereocenters. The molecule has 4 aliphatic carbocycles. The number of rotatable bonds is 4. The predicted molar refractivity (Wildman–Crippen MR) is 85.3 cm³/mol. The summed E-state index contributed by atoms with van der Waals surface area (Å²) >= 11 is 0.